The number of halogens is 1. The van der Waals surface area contributed by atoms with Crippen LogP contribution in [0.2, 0.25) is 0 Å². The standard InChI is InChI=1S/C16H24FN3O/c1-11(2)9-18-10-13-8-14(17)4-5-15(13)20-7-6-19-16(21)12(20)3/h4-5,8,11-12,18H,6-7,9-10H2,1-3H3,(H,19,21). The minimum absolute atomic E-state index is 0.0201. The molecule has 21 heavy (non-hydrogen) atoms. The van der Waals surface area contributed by atoms with Crippen LogP contribution in [0.15, 0.2) is 18.2 Å². The van der Waals surface area contributed by atoms with E-state index in [1.807, 2.05) is 11.8 Å². The molecule has 116 valence electrons. The van der Waals surface area contributed by atoms with Gasteiger partial charge in [0.05, 0.1) is 0 Å². The van der Waals surface area contributed by atoms with E-state index in [2.05, 4.69) is 24.5 Å². The van der Waals surface area contributed by atoms with Gasteiger partial charge in [0.15, 0.2) is 0 Å². The number of carbonyl (C=O) groups excluding carboxylic acids is 1. The van der Waals surface area contributed by atoms with Gasteiger partial charge in [-0.25, -0.2) is 4.39 Å². The number of anilines is 1. The predicted octanol–water partition coefficient (Wildman–Crippen LogP) is 1.90. The van der Waals surface area contributed by atoms with Gasteiger partial charge in [-0.2, -0.15) is 0 Å². The Morgan fingerprint density at radius 2 is 2.24 bits per heavy atom. The van der Waals surface area contributed by atoms with E-state index in [1.54, 1.807) is 12.1 Å². The normalized spacial score (nSPS) is 19.0. The highest BCUT2D eigenvalue weighted by Gasteiger charge is 2.27. The topological polar surface area (TPSA) is 44.4 Å². The Bertz CT molecular complexity index is 504. The number of piperazine rings is 1. The fourth-order valence-electron chi connectivity index (χ4n) is 2.58. The van der Waals surface area contributed by atoms with E-state index in [0.717, 1.165) is 24.3 Å². The van der Waals surface area contributed by atoms with Crippen LogP contribution in [0.5, 0.6) is 0 Å². The number of benzene rings is 1. The first-order chi connectivity index (χ1) is 9.99. The molecule has 1 heterocycles. The van der Waals surface area contributed by atoms with Crippen molar-refractivity contribution in [3.05, 3.63) is 29.6 Å². The van der Waals surface area contributed by atoms with Crippen LogP contribution in [0.1, 0.15) is 26.3 Å². The first-order valence-electron chi connectivity index (χ1n) is 7.52. The summed E-state index contributed by atoms with van der Waals surface area (Å²) in [5.74, 6) is 0.322. The van der Waals surface area contributed by atoms with Gasteiger partial charge in [0, 0.05) is 25.3 Å². The van der Waals surface area contributed by atoms with Gasteiger partial charge in [-0.1, -0.05) is 13.8 Å². The van der Waals surface area contributed by atoms with Crippen LogP contribution in [0.25, 0.3) is 0 Å². The number of hydrogen-bond donors (Lipinski definition) is 2. The molecule has 1 atom stereocenters. The minimum atomic E-state index is -0.241. The minimum Gasteiger partial charge on any atom is -0.358 e. The second kappa shape index (κ2) is 6.89. The maximum Gasteiger partial charge on any atom is 0.242 e. The highest BCUT2D eigenvalue weighted by Crippen LogP contribution is 2.25. The Morgan fingerprint density at radius 1 is 1.48 bits per heavy atom. The average Bonchev–Trinajstić information content (AvgIpc) is 2.42. The molecule has 4 nitrogen and oxygen atoms in total. The molecule has 0 aromatic heterocycles. The van der Waals surface area contributed by atoms with Crippen LogP contribution < -0.4 is 15.5 Å². The van der Waals surface area contributed by atoms with E-state index in [9.17, 15) is 9.18 Å². The van der Waals surface area contributed by atoms with Crippen molar-refractivity contribution in [1.82, 2.24) is 10.6 Å². The molecule has 1 aromatic carbocycles. The smallest absolute Gasteiger partial charge is 0.242 e. The highest BCUT2D eigenvalue weighted by molar-refractivity contribution is 5.86. The summed E-state index contributed by atoms with van der Waals surface area (Å²) >= 11 is 0. The number of hydrogen-bond acceptors (Lipinski definition) is 3. The summed E-state index contributed by atoms with van der Waals surface area (Å²) in [5, 5.41) is 6.19. The molecule has 0 aliphatic carbocycles. The first kappa shape index (κ1) is 15.8. The zero-order chi connectivity index (χ0) is 15.4. The van der Waals surface area contributed by atoms with Crippen molar-refractivity contribution >= 4 is 11.6 Å². The largest absolute Gasteiger partial charge is 0.358 e. The van der Waals surface area contributed by atoms with Crippen molar-refractivity contribution in [3.63, 3.8) is 0 Å². The summed E-state index contributed by atoms with van der Waals surface area (Å²) in [5.41, 5.74) is 1.84. The lowest BCUT2D eigenvalue weighted by molar-refractivity contribution is -0.122. The summed E-state index contributed by atoms with van der Waals surface area (Å²) < 4.78 is 13.5. The zero-order valence-corrected chi connectivity index (χ0v) is 12.9. The average molecular weight is 293 g/mol. The van der Waals surface area contributed by atoms with Gasteiger partial charge >= 0.3 is 0 Å². The Morgan fingerprint density at radius 3 is 2.95 bits per heavy atom. The van der Waals surface area contributed by atoms with Crippen LogP contribution in [-0.4, -0.2) is 31.6 Å². The molecular formula is C16H24FN3O. The molecule has 0 saturated carbocycles. The van der Waals surface area contributed by atoms with E-state index >= 15 is 0 Å². The van der Waals surface area contributed by atoms with E-state index in [1.165, 1.54) is 6.07 Å². The van der Waals surface area contributed by atoms with E-state index < -0.39 is 0 Å². The number of nitrogens with one attached hydrogen (secondary N) is 2. The molecule has 1 unspecified atom stereocenters. The molecule has 5 heteroatoms. The van der Waals surface area contributed by atoms with Crippen molar-refractivity contribution in [2.75, 3.05) is 24.5 Å². The highest BCUT2D eigenvalue weighted by atomic mass is 19.1. The fourth-order valence-corrected chi connectivity index (χ4v) is 2.58. The van der Waals surface area contributed by atoms with Gasteiger partial charge in [-0.15, -0.1) is 0 Å². The lowest BCUT2D eigenvalue weighted by Crippen LogP contribution is -2.54. The first-order valence-corrected chi connectivity index (χ1v) is 7.52. The van der Waals surface area contributed by atoms with E-state index in [0.29, 0.717) is 19.0 Å². The third-order valence-corrected chi connectivity index (χ3v) is 3.72. The summed E-state index contributed by atoms with van der Waals surface area (Å²) in [7, 11) is 0. The monoisotopic (exact) mass is 293 g/mol. The molecular weight excluding hydrogens is 269 g/mol. The van der Waals surface area contributed by atoms with Crippen LogP contribution in [0.4, 0.5) is 10.1 Å². The van der Waals surface area contributed by atoms with Crippen molar-refractivity contribution in [3.8, 4) is 0 Å². The maximum atomic E-state index is 13.5. The van der Waals surface area contributed by atoms with Gasteiger partial charge in [-0.05, 0) is 43.1 Å². The van der Waals surface area contributed by atoms with Crippen LogP contribution >= 0.6 is 0 Å². The Kier molecular flexibility index (Phi) is 5.17. The number of carbonyl (C=O) groups is 1. The second-order valence-corrected chi connectivity index (χ2v) is 5.96. The van der Waals surface area contributed by atoms with Crippen LogP contribution in [0, 0.1) is 11.7 Å². The molecule has 0 bridgehead atoms. The molecule has 1 aliphatic rings. The molecule has 2 N–H and O–H groups in total. The molecule has 1 amide bonds. The molecule has 1 aliphatic heterocycles. The van der Waals surface area contributed by atoms with Crippen molar-refractivity contribution in [2.45, 2.75) is 33.4 Å². The van der Waals surface area contributed by atoms with Crippen LogP contribution in [0.3, 0.4) is 0 Å². The molecule has 0 spiro atoms. The van der Waals surface area contributed by atoms with Gasteiger partial charge in [-0.3, -0.25) is 4.79 Å². The van der Waals surface area contributed by atoms with Crippen molar-refractivity contribution in [1.29, 1.82) is 0 Å². The summed E-state index contributed by atoms with van der Waals surface area (Å²) in [6, 6.07) is 4.56. The maximum absolute atomic E-state index is 13.5. The quantitative estimate of drug-likeness (QED) is 0.871. The van der Waals surface area contributed by atoms with Gasteiger partial charge in [0.2, 0.25) is 5.91 Å². The molecule has 0 radical (unpaired) electrons. The summed E-state index contributed by atoms with van der Waals surface area (Å²) in [6.07, 6.45) is 0. The Hall–Kier alpha value is -1.62. The molecule has 1 fully saturated rings. The van der Waals surface area contributed by atoms with Gasteiger partial charge in [0.1, 0.15) is 11.9 Å². The van der Waals surface area contributed by atoms with Gasteiger partial charge < -0.3 is 15.5 Å². The fraction of sp³-hybridized carbons (Fsp3) is 0.562. The lowest BCUT2D eigenvalue weighted by Gasteiger charge is -2.36. The lowest BCUT2D eigenvalue weighted by atomic mass is 10.1. The summed E-state index contributed by atoms with van der Waals surface area (Å²) in [4.78, 5) is 13.9. The molecule has 2 rings (SSSR count). The summed E-state index contributed by atoms with van der Waals surface area (Å²) in [6.45, 7) is 9.01. The van der Waals surface area contributed by atoms with Crippen molar-refractivity contribution < 1.29 is 9.18 Å². The third kappa shape index (κ3) is 3.94. The predicted molar refractivity (Wildman–Crippen MR) is 82.8 cm³/mol. The number of amides is 1. The Balaban J connectivity index is 2.19. The third-order valence-electron chi connectivity index (χ3n) is 3.72. The number of rotatable bonds is 5. The number of nitrogens with zero attached hydrogens (tertiary/aromatic N) is 1. The SMILES string of the molecule is CC(C)CNCc1cc(F)ccc1N1CCNC(=O)C1C. The van der Waals surface area contributed by atoms with Crippen LogP contribution in [-0.2, 0) is 11.3 Å². The van der Waals surface area contributed by atoms with E-state index in [-0.39, 0.29) is 17.8 Å². The molecule has 1 saturated heterocycles. The molecule has 1 aromatic rings. The van der Waals surface area contributed by atoms with E-state index in [4.69, 9.17) is 0 Å². The van der Waals surface area contributed by atoms with Crippen molar-refractivity contribution in [2.24, 2.45) is 5.92 Å². The van der Waals surface area contributed by atoms with Gasteiger partial charge in [0.25, 0.3) is 0 Å². The Labute approximate surface area is 125 Å². The second-order valence-electron chi connectivity index (χ2n) is 5.96. The zero-order valence-electron chi connectivity index (χ0n) is 12.9.